The topological polar surface area (TPSA) is 64.7 Å². The summed E-state index contributed by atoms with van der Waals surface area (Å²) in [6.45, 7) is 2.91. The summed E-state index contributed by atoms with van der Waals surface area (Å²) in [6.07, 6.45) is 2.03. The zero-order valence-corrected chi connectivity index (χ0v) is 16.2. The van der Waals surface area contributed by atoms with Crippen molar-refractivity contribution in [3.63, 3.8) is 0 Å². The molecule has 0 bridgehead atoms. The van der Waals surface area contributed by atoms with Crippen molar-refractivity contribution in [2.45, 2.75) is 18.9 Å². The lowest BCUT2D eigenvalue weighted by molar-refractivity contribution is -0.117. The second kappa shape index (κ2) is 8.61. The van der Waals surface area contributed by atoms with Crippen molar-refractivity contribution in [3.05, 3.63) is 59.9 Å². The van der Waals surface area contributed by atoms with Crippen molar-refractivity contribution in [3.8, 4) is 0 Å². The molecule has 1 saturated carbocycles. The Morgan fingerprint density at radius 2 is 1.66 bits per heavy atom. The van der Waals surface area contributed by atoms with Crippen LogP contribution < -0.4 is 15.5 Å². The molecule has 1 heterocycles. The third-order valence-electron chi connectivity index (χ3n) is 5.29. The van der Waals surface area contributed by atoms with Crippen LogP contribution in [0, 0.1) is 5.82 Å². The number of nitrogens with zero attached hydrogens (tertiary/aromatic N) is 2. The van der Waals surface area contributed by atoms with Gasteiger partial charge < -0.3 is 15.5 Å². The van der Waals surface area contributed by atoms with Crippen molar-refractivity contribution in [1.82, 2.24) is 10.2 Å². The summed E-state index contributed by atoms with van der Waals surface area (Å²) in [5, 5.41) is 5.82. The summed E-state index contributed by atoms with van der Waals surface area (Å²) in [6, 6.07) is 14.1. The smallest absolute Gasteiger partial charge is 0.253 e. The van der Waals surface area contributed by atoms with Crippen LogP contribution in [-0.4, -0.2) is 55.5 Å². The Labute approximate surface area is 169 Å². The molecule has 0 aromatic heterocycles. The lowest BCUT2D eigenvalue weighted by atomic mass is 10.1. The van der Waals surface area contributed by atoms with Crippen LogP contribution in [0.5, 0.6) is 0 Å². The van der Waals surface area contributed by atoms with Gasteiger partial charge in [-0.25, -0.2) is 4.39 Å². The molecule has 1 saturated heterocycles. The third-order valence-corrected chi connectivity index (χ3v) is 5.29. The number of hydrogen-bond acceptors (Lipinski definition) is 4. The average Bonchev–Trinajstić information content (AvgIpc) is 3.53. The van der Waals surface area contributed by atoms with E-state index < -0.39 is 0 Å². The fraction of sp³-hybridized carbons (Fsp3) is 0.364. The Balaban J connectivity index is 1.31. The molecule has 2 aromatic rings. The number of amides is 2. The van der Waals surface area contributed by atoms with Crippen molar-refractivity contribution in [2.75, 3.05) is 42.9 Å². The first kappa shape index (κ1) is 19.4. The van der Waals surface area contributed by atoms with Crippen LogP contribution in [0.4, 0.5) is 15.8 Å². The number of carbonyl (C=O) groups is 2. The molecule has 2 aliphatic rings. The molecule has 1 aliphatic carbocycles. The molecule has 2 aromatic carbocycles. The maximum Gasteiger partial charge on any atom is 0.253 e. The van der Waals surface area contributed by atoms with E-state index >= 15 is 0 Å². The van der Waals surface area contributed by atoms with Crippen molar-refractivity contribution < 1.29 is 14.0 Å². The number of benzene rings is 2. The number of rotatable bonds is 6. The molecular formula is C22H25FN4O2. The number of halogens is 1. The van der Waals surface area contributed by atoms with Crippen LogP contribution in [0.3, 0.4) is 0 Å². The van der Waals surface area contributed by atoms with Gasteiger partial charge in [0.05, 0.1) is 23.5 Å². The zero-order valence-electron chi connectivity index (χ0n) is 16.2. The van der Waals surface area contributed by atoms with Gasteiger partial charge in [0, 0.05) is 32.2 Å². The van der Waals surface area contributed by atoms with Crippen LogP contribution in [0.2, 0.25) is 0 Å². The van der Waals surface area contributed by atoms with E-state index in [1.54, 1.807) is 36.4 Å². The normalized spacial score (nSPS) is 17.1. The largest absolute Gasteiger partial charge is 0.367 e. The van der Waals surface area contributed by atoms with Gasteiger partial charge in [0.2, 0.25) is 5.91 Å². The number of hydrogen-bond donors (Lipinski definition) is 2. The summed E-state index contributed by atoms with van der Waals surface area (Å²) in [7, 11) is 0. The molecule has 4 rings (SSSR count). The van der Waals surface area contributed by atoms with Crippen molar-refractivity contribution in [2.24, 2.45) is 0 Å². The number of nitrogens with one attached hydrogen (secondary N) is 2. The molecular weight excluding hydrogens is 371 g/mol. The highest BCUT2D eigenvalue weighted by Crippen LogP contribution is 2.22. The van der Waals surface area contributed by atoms with Crippen molar-refractivity contribution in [1.29, 1.82) is 0 Å². The minimum Gasteiger partial charge on any atom is -0.367 e. The molecule has 0 spiro atoms. The molecule has 6 nitrogen and oxygen atoms in total. The molecule has 0 atom stereocenters. The summed E-state index contributed by atoms with van der Waals surface area (Å²) in [4.78, 5) is 29.0. The van der Waals surface area contributed by atoms with Gasteiger partial charge >= 0.3 is 0 Å². The molecule has 152 valence electrons. The first-order chi connectivity index (χ1) is 14.1. The molecule has 2 fully saturated rings. The monoisotopic (exact) mass is 396 g/mol. The Kier molecular flexibility index (Phi) is 5.76. The molecule has 0 unspecified atom stereocenters. The van der Waals surface area contributed by atoms with E-state index in [-0.39, 0.29) is 30.2 Å². The van der Waals surface area contributed by atoms with Crippen LogP contribution in [0.15, 0.2) is 48.5 Å². The lowest BCUT2D eigenvalue weighted by Crippen LogP contribution is -2.49. The number of anilines is 2. The third kappa shape index (κ3) is 4.92. The average molecular weight is 396 g/mol. The summed E-state index contributed by atoms with van der Waals surface area (Å²) >= 11 is 0. The standard InChI is InChI=1S/C22H25FN4O2/c23-18-6-2-4-8-20(18)27-13-11-26(12-14-27)15-21(28)25-19-7-3-1-5-17(19)22(29)24-16-9-10-16/h1-8,16H,9-15H2,(H,24,29)(H,25,28). The van der Waals surface area contributed by atoms with Gasteiger partial charge in [-0.05, 0) is 37.1 Å². The van der Waals surface area contributed by atoms with Crippen molar-refractivity contribution >= 4 is 23.2 Å². The van der Waals surface area contributed by atoms with E-state index in [9.17, 15) is 14.0 Å². The number of carbonyl (C=O) groups excluding carboxylic acids is 2. The van der Waals surface area contributed by atoms with Crippen LogP contribution in [0.1, 0.15) is 23.2 Å². The second-order valence-electron chi connectivity index (χ2n) is 7.56. The van der Waals surface area contributed by atoms with E-state index in [4.69, 9.17) is 0 Å². The Morgan fingerprint density at radius 1 is 0.966 bits per heavy atom. The SMILES string of the molecule is O=C(CN1CCN(c2ccccc2F)CC1)Nc1ccccc1C(=O)NC1CC1. The molecule has 2 amide bonds. The first-order valence-corrected chi connectivity index (χ1v) is 10.0. The van der Waals surface area contributed by atoms with Crippen LogP contribution in [-0.2, 0) is 4.79 Å². The maximum atomic E-state index is 14.0. The predicted molar refractivity (Wildman–Crippen MR) is 111 cm³/mol. The summed E-state index contributed by atoms with van der Waals surface area (Å²) in [5.74, 6) is -0.530. The Hall–Kier alpha value is -2.93. The molecule has 29 heavy (non-hydrogen) atoms. The maximum absolute atomic E-state index is 14.0. The van der Waals surface area contributed by atoms with Gasteiger partial charge in [-0.2, -0.15) is 0 Å². The highest BCUT2D eigenvalue weighted by molar-refractivity contribution is 6.04. The van der Waals surface area contributed by atoms with Gasteiger partial charge in [-0.1, -0.05) is 24.3 Å². The summed E-state index contributed by atoms with van der Waals surface area (Å²) < 4.78 is 14.0. The number of piperazine rings is 1. The van der Waals surface area contributed by atoms with E-state index in [2.05, 4.69) is 10.6 Å². The van der Waals surface area contributed by atoms with Gasteiger partial charge in [0.1, 0.15) is 5.82 Å². The minimum atomic E-state index is -0.222. The molecule has 1 aliphatic heterocycles. The fourth-order valence-electron chi connectivity index (χ4n) is 3.53. The molecule has 2 N–H and O–H groups in total. The summed E-state index contributed by atoms with van der Waals surface area (Å²) in [5.41, 5.74) is 1.62. The fourth-order valence-corrected chi connectivity index (χ4v) is 3.53. The van der Waals surface area contributed by atoms with Gasteiger partial charge in [0.25, 0.3) is 5.91 Å². The Morgan fingerprint density at radius 3 is 2.38 bits per heavy atom. The quantitative estimate of drug-likeness (QED) is 0.788. The lowest BCUT2D eigenvalue weighted by Gasteiger charge is -2.35. The van der Waals surface area contributed by atoms with E-state index in [0.717, 1.165) is 12.8 Å². The number of para-hydroxylation sites is 2. The van der Waals surface area contributed by atoms with Gasteiger partial charge in [-0.3, -0.25) is 14.5 Å². The molecule has 7 heteroatoms. The van der Waals surface area contributed by atoms with E-state index in [1.165, 1.54) is 6.07 Å². The Bertz CT molecular complexity index is 892. The molecule has 0 radical (unpaired) electrons. The van der Waals surface area contributed by atoms with Crippen LogP contribution >= 0.6 is 0 Å². The minimum absolute atomic E-state index is 0.151. The van der Waals surface area contributed by atoms with E-state index in [0.29, 0.717) is 43.1 Å². The van der Waals surface area contributed by atoms with Gasteiger partial charge in [-0.15, -0.1) is 0 Å². The predicted octanol–water partition coefficient (Wildman–Crippen LogP) is 2.48. The first-order valence-electron chi connectivity index (χ1n) is 10.0. The highest BCUT2D eigenvalue weighted by Gasteiger charge is 2.25. The zero-order chi connectivity index (χ0) is 20.2. The second-order valence-corrected chi connectivity index (χ2v) is 7.56. The highest BCUT2D eigenvalue weighted by atomic mass is 19.1. The van der Waals surface area contributed by atoms with Gasteiger partial charge in [0.15, 0.2) is 0 Å². The van der Waals surface area contributed by atoms with E-state index in [1.807, 2.05) is 15.9 Å². The van der Waals surface area contributed by atoms with Crippen LogP contribution in [0.25, 0.3) is 0 Å².